The van der Waals surface area contributed by atoms with Gasteiger partial charge in [0.05, 0.1) is 11.5 Å². The Kier molecular flexibility index (Phi) is 3.99. The van der Waals surface area contributed by atoms with E-state index in [-0.39, 0.29) is 11.9 Å². The molecule has 21 heavy (non-hydrogen) atoms. The molecule has 2 atom stereocenters. The third-order valence-corrected chi connectivity index (χ3v) is 5.50. The first-order valence-corrected chi connectivity index (χ1v) is 8.11. The highest BCUT2D eigenvalue weighted by Gasteiger charge is 2.39. The average Bonchev–Trinajstić information content (AvgIpc) is 3.05. The molecular weight excluding hydrogens is 290 g/mol. The number of rotatable bonds is 5. The largest absolute Gasteiger partial charge is 0.477 e. The Hall–Kier alpha value is -1.40. The van der Waals surface area contributed by atoms with Crippen molar-refractivity contribution in [2.45, 2.75) is 38.1 Å². The first-order valence-electron chi connectivity index (χ1n) is 7.29. The first kappa shape index (κ1) is 14.5. The second-order valence-corrected chi connectivity index (χ2v) is 6.78. The van der Waals surface area contributed by atoms with Crippen LogP contribution in [-0.2, 0) is 17.6 Å². The maximum absolute atomic E-state index is 12.4. The van der Waals surface area contributed by atoms with Gasteiger partial charge in [-0.1, -0.05) is 0 Å². The van der Waals surface area contributed by atoms with Crippen molar-refractivity contribution in [2.24, 2.45) is 5.92 Å². The van der Waals surface area contributed by atoms with E-state index in [1.54, 1.807) is 7.11 Å². The van der Waals surface area contributed by atoms with Crippen LogP contribution < -0.4 is 5.32 Å². The van der Waals surface area contributed by atoms with Crippen LogP contribution in [0.3, 0.4) is 0 Å². The third-order valence-electron chi connectivity index (χ3n) is 4.24. The third kappa shape index (κ3) is 2.82. The lowest BCUT2D eigenvalue weighted by Gasteiger charge is -2.13. The van der Waals surface area contributed by atoms with Gasteiger partial charge >= 0.3 is 5.97 Å². The number of carbonyl (C=O) groups excluding carboxylic acids is 1. The van der Waals surface area contributed by atoms with Crippen LogP contribution in [0.25, 0.3) is 0 Å². The van der Waals surface area contributed by atoms with E-state index in [0.717, 1.165) is 54.6 Å². The predicted molar refractivity (Wildman–Crippen MR) is 79.2 cm³/mol. The molecule has 0 aliphatic heterocycles. The number of carbonyl (C=O) groups is 2. The van der Waals surface area contributed by atoms with Gasteiger partial charge in [-0.25, -0.2) is 4.79 Å². The van der Waals surface area contributed by atoms with E-state index >= 15 is 0 Å². The molecule has 2 aliphatic rings. The van der Waals surface area contributed by atoms with E-state index in [2.05, 4.69) is 5.32 Å². The number of ether oxygens (including phenoxy) is 1. The molecule has 1 fully saturated rings. The Bertz CT molecular complexity index is 580. The minimum atomic E-state index is -0.916. The molecule has 2 aliphatic carbocycles. The highest BCUT2D eigenvalue weighted by atomic mass is 32.1. The zero-order chi connectivity index (χ0) is 15.0. The summed E-state index contributed by atoms with van der Waals surface area (Å²) < 4.78 is 5.08. The number of amides is 1. The maximum atomic E-state index is 12.4. The van der Waals surface area contributed by atoms with E-state index in [9.17, 15) is 14.7 Å². The van der Waals surface area contributed by atoms with Crippen LogP contribution >= 0.6 is 11.3 Å². The van der Waals surface area contributed by atoms with E-state index in [1.165, 1.54) is 0 Å². The Labute approximate surface area is 127 Å². The van der Waals surface area contributed by atoms with Crippen LogP contribution in [-0.4, -0.2) is 36.7 Å². The van der Waals surface area contributed by atoms with Gasteiger partial charge in [0.1, 0.15) is 4.88 Å². The molecule has 0 spiro atoms. The van der Waals surface area contributed by atoms with Crippen molar-refractivity contribution >= 4 is 23.2 Å². The highest BCUT2D eigenvalue weighted by molar-refractivity contribution is 7.16. The molecule has 0 aromatic carbocycles. The van der Waals surface area contributed by atoms with Crippen LogP contribution in [0.2, 0.25) is 0 Å². The van der Waals surface area contributed by atoms with Gasteiger partial charge in [0.15, 0.2) is 0 Å². The molecular formula is C15H19NO4S. The first-order chi connectivity index (χ1) is 10.1. The number of methoxy groups -OCH3 is 1. The van der Waals surface area contributed by atoms with Crippen LogP contribution in [0.5, 0.6) is 0 Å². The van der Waals surface area contributed by atoms with Crippen molar-refractivity contribution in [1.29, 1.82) is 0 Å². The van der Waals surface area contributed by atoms with E-state index < -0.39 is 5.97 Å². The smallest absolute Gasteiger partial charge is 0.346 e. The Balaban J connectivity index is 1.78. The molecule has 6 heteroatoms. The number of aromatic carboxylic acids is 1. The second-order valence-electron chi connectivity index (χ2n) is 5.76. The standard InChI is InChI=1S/C15H19NO4S/c1-20-7-8-6-11(8)16-14(17)12-9-4-2-3-5-10(9)13(21-12)15(18)19/h8,11H,2-7H2,1H3,(H,16,17)(H,18,19)/t8-,11+/m1/s1. The molecule has 0 saturated heterocycles. The second kappa shape index (κ2) is 5.77. The van der Waals surface area contributed by atoms with Crippen LogP contribution in [0.4, 0.5) is 0 Å². The zero-order valence-electron chi connectivity index (χ0n) is 12.0. The summed E-state index contributed by atoms with van der Waals surface area (Å²) in [5.41, 5.74) is 1.85. The van der Waals surface area contributed by atoms with Crippen LogP contribution in [0.15, 0.2) is 0 Å². The molecule has 0 bridgehead atoms. The lowest BCUT2D eigenvalue weighted by atomic mass is 9.92. The topological polar surface area (TPSA) is 75.6 Å². The molecule has 1 amide bonds. The van der Waals surface area contributed by atoms with Gasteiger partial charge in [0, 0.05) is 19.1 Å². The monoisotopic (exact) mass is 309 g/mol. The Morgan fingerprint density at radius 1 is 1.29 bits per heavy atom. The van der Waals surface area contributed by atoms with E-state index in [4.69, 9.17) is 4.74 Å². The van der Waals surface area contributed by atoms with Gasteiger partial charge in [-0.2, -0.15) is 0 Å². The average molecular weight is 309 g/mol. The van der Waals surface area contributed by atoms with Gasteiger partial charge in [-0.15, -0.1) is 11.3 Å². The van der Waals surface area contributed by atoms with E-state index in [1.807, 2.05) is 0 Å². The summed E-state index contributed by atoms with van der Waals surface area (Å²) in [6.07, 6.45) is 4.56. The summed E-state index contributed by atoms with van der Waals surface area (Å²) in [6, 6.07) is 0.173. The quantitative estimate of drug-likeness (QED) is 0.873. The maximum Gasteiger partial charge on any atom is 0.346 e. The van der Waals surface area contributed by atoms with Gasteiger partial charge in [-0.3, -0.25) is 4.79 Å². The fraction of sp³-hybridized carbons (Fsp3) is 0.600. The van der Waals surface area contributed by atoms with Gasteiger partial charge in [0.25, 0.3) is 5.91 Å². The molecule has 0 radical (unpaired) electrons. The summed E-state index contributed by atoms with van der Waals surface area (Å²) in [5.74, 6) is -0.635. The van der Waals surface area contributed by atoms with Crippen molar-refractivity contribution in [3.8, 4) is 0 Å². The summed E-state index contributed by atoms with van der Waals surface area (Å²) in [7, 11) is 1.66. The normalized spacial score (nSPS) is 23.5. The number of thiophene rings is 1. The minimum Gasteiger partial charge on any atom is -0.477 e. The molecule has 2 N–H and O–H groups in total. The summed E-state index contributed by atoms with van der Waals surface area (Å²) >= 11 is 1.13. The van der Waals surface area contributed by atoms with E-state index in [0.29, 0.717) is 22.3 Å². The van der Waals surface area contributed by atoms with Crippen molar-refractivity contribution in [2.75, 3.05) is 13.7 Å². The number of hydrogen-bond acceptors (Lipinski definition) is 4. The van der Waals surface area contributed by atoms with Crippen molar-refractivity contribution < 1.29 is 19.4 Å². The molecule has 1 heterocycles. The lowest BCUT2D eigenvalue weighted by molar-refractivity contribution is 0.0700. The number of carboxylic acid groups (broad SMARTS) is 1. The molecule has 1 aromatic heterocycles. The fourth-order valence-corrected chi connectivity index (χ4v) is 4.18. The number of fused-ring (bicyclic) bond motifs is 1. The zero-order valence-corrected chi connectivity index (χ0v) is 12.8. The molecule has 114 valence electrons. The van der Waals surface area contributed by atoms with Crippen molar-refractivity contribution in [3.05, 3.63) is 20.9 Å². The Morgan fingerprint density at radius 2 is 1.95 bits per heavy atom. The van der Waals surface area contributed by atoms with Gasteiger partial charge < -0.3 is 15.2 Å². The summed E-state index contributed by atoms with van der Waals surface area (Å²) in [5, 5.41) is 12.3. The molecule has 0 unspecified atom stereocenters. The number of nitrogens with one attached hydrogen (secondary N) is 1. The molecule has 5 nitrogen and oxygen atoms in total. The Morgan fingerprint density at radius 3 is 2.57 bits per heavy atom. The lowest BCUT2D eigenvalue weighted by Crippen LogP contribution is -2.27. The minimum absolute atomic E-state index is 0.116. The number of hydrogen-bond donors (Lipinski definition) is 2. The van der Waals surface area contributed by atoms with Crippen molar-refractivity contribution in [1.82, 2.24) is 5.32 Å². The van der Waals surface area contributed by atoms with Gasteiger partial charge in [-0.05, 0) is 43.2 Å². The number of carboxylic acids is 1. The van der Waals surface area contributed by atoms with Gasteiger partial charge in [0.2, 0.25) is 0 Å². The molecule has 3 rings (SSSR count). The SMILES string of the molecule is COC[C@H]1C[C@@H]1NC(=O)c1sc(C(=O)O)c2c1CCCC2. The predicted octanol–water partition coefficient (Wildman–Crippen LogP) is 2.09. The van der Waals surface area contributed by atoms with Crippen molar-refractivity contribution in [3.63, 3.8) is 0 Å². The fourth-order valence-electron chi connectivity index (χ4n) is 3.04. The highest BCUT2D eigenvalue weighted by Crippen LogP contribution is 2.36. The summed E-state index contributed by atoms with van der Waals surface area (Å²) in [4.78, 5) is 24.7. The molecule has 1 aromatic rings. The molecule has 1 saturated carbocycles. The van der Waals surface area contributed by atoms with Crippen LogP contribution in [0.1, 0.15) is 49.7 Å². The summed E-state index contributed by atoms with van der Waals surface area (Å²) in [6.45, 7) is 0.661. The van der Waals surface area contributed by atoms with Crippen LogP contribution in [0, 0.1) is 5.92 Å².